The maximum atomic E-state index is 14.2. The molecular weight excluding hydrogens is 455 g/mol. The van der Waals surface area contributed by atoms with Crippen LogP contribution in [0.1, 0.15) is 28.8 Å². The van der Waals surface area contributed by atoms with Gasteiger partial charge in [0.05, 0.1) is 15.4 Å². The Hall–Kier alpha value is -3.72. The Balaban J connectivity index is 1.30. The van der Waals surface area contributed by atoms with Gasteiger partial charge in [0.2, 0.25) is 9.84 Å². The van der Waals surface area contributed by atoms with Gasteiger partial charge in [0.1, 0.15) is 11.5 Å². The highest BCUT2D eigenvalue weighted by atomic mass is 32.2. The number of nitrogens with one attached hydrogen (secondary N) is 1. The average molecular weight is 479 g/mol. The van der Waals surface area contributed by atoms with E-state index < -0.39 is 15.7 Å². The molecular formula is C25H23FN4O3S. The highest BCUT2D eigenvalue weighted by Crippen LogP contribution is 2.28. The molecule has 1 fully saturated rings. The van der Waals surface area contributed by atoms with E-state index in [1.54, 1.807) is 47.3 Å². The molecule has 0 spiro atoms. The number of amides is 1. The lowest BCUT2D eigenvalue weighted by atomic mass is 10.2. The minimum atomic E-state index is -3.88. The number of carbonyl (C=O) groups excluding carboxylic acids is 1. The fourth-order valence-corrected chi connectivity index (χ4v) is 5.43. The van der Waals surface area contributed by atoms with E-state index in [4.69, 9.17) is 0 Å². The van der Waals surface area contributed by atoms with Crippen LogP contribution in [-0.4, -0.2) is 36.8 Å². The standard InChI is InChI=1S/C25H23FN4O3S/c26-20-13-21(29-10-1-2-11-29)15-23(14-20)34(32,33)22-6-3-18(4-7-22)16-28-25(31)19-5-8-24-27-9-12-30(24)17-19/h3-9,12-15,17H,1-2,10-11,16H2,(H,28,31). The molecule has 9 heteroatoms. The fraction of sp³-hybridized carbons (Fsp3) is 0.200. The number of fused-ring (bicyclic) bond motifs is 1. The first-order valence-corrected chi connectivity index (χ1v) is 12.5. The highest BCUT2D eigenvalue weighted by molar-refractivity contribution is 7.91. The summed E-state index contributed by atoms with van der Waals surface area (Å²) < 4.78 is 42.3. The van der Waals surface area contributed by atoms with Crippen LogP contribution in [0, 0.1) is 5.82 Å². The lowest BCUT2D eigenvalue weighted by Crippen LogP contribution is -2.23. The Labute approximate surface area is 196 Å². The number of halogens is 1. The monoisotopic (exact) mass is 478 g/mol. The predicted octanol–water partition coefficient (Wildman–Crippen LogP) is 3.84. The van der Waals surface area contributed by atoms with Gasteiger partial charge in [0.25, 0.3) is 5.91 Å². The second-order valence-electron chi connectivity index (χ2n) is 8.28. The van der Waals surface area contributed by atoms with Crippen molar-refractivity contribution >= 4 is 27.1 Å². The third kappa shape index (κ3) is 4.38. The molecule has 5 rings (SSSR count). The second kappa shape index (κ2) is 8.90. The van der Waals surface area contributed by atoms with Crippen LogP contribution in [0.25, 0.3) is 5.65 Å². The van der Waals surface area contributed by atoms with E-state index in [0.717, 1.165) is 43.2 Å². The molecule has 0 unspecified atom stereocenters. The first-order chi connectivity index (χ1) is 16.4. The van der Waals surface area contributed by atoms with Crippen molar-refractivity contribution in [3.05, 3.63) is 90.1 Å². The summed E-state index contributed by atoms with van der Waals surface area (Å²) in [7, 11) is -3.88. The third-order valence-electron chi connectivity index (χ3n) is 5.98. The van der Waals surface area contributed by atoms with Gasteiger partial charge in [-0.05, 0) is 60.9 Å². The molecule has 1 aliphatic heterocycles. The number of rotatable bonds is 6. The molecule has 7 nitrogen and oxygen atoms in total. The van der Waals surface area contributed by atoms with E-state index >= 15 is 0 Å². The first-order valence-electron chi connectivity index (χ1n) is 11.0. The maximum Gasteiger partial charge on any atom is 0.253 e. The van der Waals surface area contributed by atoms with E-state index in [9.17, 15) is 17.6 Å². The number of nitrogens with zero attached hydrogens (tertiary/aromatic N) is 3. The molecule has 2 aromatic heterocycles. The molecule has 1 aliphatic rings. The van der Waals surface area contributed by atoms with Gasteiger partial charge in [-0.1, -0.05) is 12.1 Å². The van der Waals surface area contributed by atoms with E-state index in [-0.39, 0.29) is 22.2 Å². The summed E-state index contributed by atoms with van der Waals surface area (Å²) in [6.07, 6.45) is 7.13. The summed E-state index contributed by atoms with van der Waals surface area (Å²) in [6.45, 7) is 1.82. The van der Waals surface area contributed by atoms with E-state index in [1.807, 2.05) is 4.90 Å². The van der Waals surface area contributed by atoms with Crippen LogP contribution < -0.4 is 10.2 Å². The molecule has 0 aliphatic carbocycles. The van der Waals surface area contributed by atoms with E-state index in [1.165, 1.54) is 24.3 Å². The molecule has 0 saturated carbocycles. The van der Waals surface area contributed by atoms with Crippen LogP contribution in [0.4, 0.5) is 10.1 Å². The predicted molar refractivity (Wildman–Crippen MR) is 126 cm³/mol. The number of benzene rings is 2. The molecule has 1 saturated heterocycles. The Bertz CT molecular complexity index is 1460. The molecule has 4 aromatic rings. The zero-order valence-corrected chi connectivity index (χ0v) is 19.1. The zero-order valence-electron chi connectivity index (χ0n) is 18.3. The Morgan fingerprint density at radius 2 is 1.76 bits per heavy atom. The van der Waals surface area contributed by atoms with Gasteiger partial charge in [-0.3, -0.25) is 4.79 Å². The van der Waals surface area contributed by atoms with Gasteiger partial charge in [-0.15, -0.1) is 0 Å². The Morgan fingerprint density at radius 1 is 1.00 bits per heavy atom. The first kappa shape index (κ1) is 22.1. The quantitative estimate of drug-likeness (QED) is 0.455. The molecule has 2 aromatic carbocycles. The normalized spacial score (nSPS) is 14.0. The Morgan fingerprint density at radius 3 is 2.53 bits per heavy atom. The van der Waals surface area contributed by atoms with E-state index in [0.29, 0.717) is 11.3 Å². The zero-order chi connectivity index (χ0) is 23.7. The second-order valence-corrected chi connectivity index (χ2v) is 10.2. The minimum absolute atomic E-state index is 0.0645. The number of imidazole rings is 1. The van der Waals surface area contributed by atoms with Crippen molar-refractivity contribution in [3.63, 3.8) is 0 Å². The Kier molecular flexibility index (Phi) is 5.79. The summed E-state index contributed by atoms with van der Waals surface area (Å²) in [5.74, 6) is -0.822. The number of anilines is 1. The molecule has 0 atom stereocenters. The molecule has 3 heterocycles. The third-order valence-corrected chi connectivity index (χ3v) is 7.72. The van der Waals surface area contributed by atoms with Crippen LogP contribution in [0.15, 0.2) is 83.0 Å². The number of carbonyl (C=O) groups is 1. The topological polar surface area (TPSA) is 83.8 Å². The fourth-order valence-electron chi connectivity index (χ4n) is 4.12. The molecule has 174 valence electrons. The molecule has 34 heavy (non-hydrogen) atoms. The van der Waals surface area contributed by atoms with Crippen LogP contribution in [0.2, 0.25) is 0 Å². The van der Waals surface area contributed by atoms with Crippen molar-refractivity contribution in [1.82, 2.24) is 14.7 Å². The van der Waals surface area contributed by atoms with Crippen LogP contribution in [-0.2, 0) is 16.4 Å². The van der Waals surface area contributed by atoms with Gasteiger partial charge in [0, 0.05) is 43.9 Å². The van der Waals surface area contributed by atoms with Crippen molar-refractivity contribution in [2.24, 2.45) is 0 Å². The van der Waals surface area contributed by atoms with Crippen LogP contribution in [0.5, 0.6) is 0 Å². The largest absolute Gasteiger partial charge is 0.371 e. The lowest BCUT2D eigenvalue weighted by molar-refractivity contribution is 0.0950. The van der Waals surface area contributed by atoms with Gasteiger partial charge in [0.15, 0.2) is 0 Å². The van der Waals surface area contributed by atoms with E-state index in [2.05, 4.69) is 10.3 Å². The molecule has 1 amide bonds. The average Bonchev–Trinajstić information content (AvgIpc) is 3.54. The highest BCUT2D eigenvalue weighted by Gasteiger charge is 2.22. The summed E-state index contributed by atoms with van der Waals surface area (Å²) >= 11 is 0. The van der Waals surface area contributed by atoms with Gasteiger partial charge in [-0.2, -0.15) is 0 Å². The molecule has 1 N–H and O–H groups in total. The summed E-state index contributed by atoms with van der Waals surface area (Å²) in [4.78, 5) is 18.6. The van der Waals surface area contributed by atoms with Crippen molar-refractivity contribution in [3.8, 4) is 0 Å². The van der Waals surface area contributed by atoms with Crippen molar-refractivity contribution in [1.29, 1.82) is 0 Å². The molecule has 0 bridgehead atoms. The van der Waals surface area contributed by atoms with Gasteiger partial charge in [-0.25, -0.2) is 17.8 Å². The summed E-state index contributed by atoms with van der Waals surface area (Å²) in [6, 6.07) is 13.7. The van der Waals surface area contributed by atoms with Crippen LogP contribution in [0.3, 0.4) is 0 Å². The maximum absolute atomic E-state index is 14.2. The number of sulfone groups is 1. The lowest BCUT2D eigenvalue weighted by Gasteiger charge is -2.18. The van der Waals surface area contributed by atoms with Crippen molar-refractivity contribution in [2.75, 3.05) is 18.0 Å². The summed E-state index contributed by atoms with van der Waals surface area (Å²) in [5, 5.41) is 2.83. The minimum Gasteiger partial charge on any atom is -0.371 e. The smallest absolute Gasteiger partial charge is 0.253 e. The SMILES string of the molecule is O=C(NCc1ccc(S(=O)(=O)c2cc(F)cc(N3CCCC3)c2)cc1)c1ccc2nccn2c1. The van der Waals surface area contributed by atoms with Crippen molar-refractivity contribution in [2.45, 2.75) is 29.2 Å². The number of hydrogen-bond donors (Lipinski definition) is 1. The van der Waals surface area contributed by atoms with Crippen LogP contribution >= 0.6 is 0 Å². The number of hydrogen-bond acceptors (Lipinski definition) is 5. The number of pyridine rings is 1. The van der Waals surface area contributed by atoms with Gasteiger partial charge >= 0.3 is 0 Å². The van der Waals surface area contributed by atoms with Crippen molar-refractivity contribution < 1.29 is 17.6 Å². The summed E-state index contributed by atoms with van der Waals surface area (Å²) in [5.41, 5.74) is 2.57. The van der Waals surface area contributed by atoms with Gasteiger partial charge < -0.3 is 14.6 Å². The molecule has 0 radical (unpaired) electrons. The number of aromatic nitrogens is 2.